The van der Waals surface area contributed by atoms with Gasteiger partial charge in [-0.3, -0.25) is 9.59 Å². The fourth-order valence-electron chi connectivity index (χ4n) is 3.74. The molecule has 8 heteroatoms. The predicted molar refractivity (Wildman–Crippen MR) is 147 cm³/mol. The summed E-state index contributed by atoms with van der Waals surface area (Å²) in [5.74, 6) is -0.317. The van der Waals surface area contributed by atoms with Crippen molar-refractivity contribution in [3.63, 3.8) is 0 Å². The second-order valence-electron chi connectivity index (χ2n) is 9.12. The van der Waals surface area contributed by atoms with E-state index in [9.17, 15) is 19.8 Å². The van der Waals surface area contributed by atoms with Crippen LogP contribution in [-0.2, 0) is 11.3 Å². The number of hydrogen-bond donors (Lipinski definition) is 3. The molecule has 2 aromatic carbocycles. The SMILES string of the molecule is C.CCCCCn1c(-c2ccc(SC(C)(C)C(=O)O)cc2)nc(C(=O)Nc2ccc(O)cc2C)c1C. The normalized spacial score (nSPS) is 11.1. The largest absolute Gasteiger partial charge is 0.508 e. The number of carbonyl (C=O) groups is 2. The number of nitrogens with zero attached hydrogens (tertiary/aromatic N) is 2. The summed E-state index contributed by atoms with van der Waals surface area (Å²) in [6, 6.07) is 12.4. The van der Waals surface area contributed by atoms with Gasteiger partial charge in [-0.1, -0.05) is 39.3 Å². The van der Waals surface area contributed by atoms with E-state index < -0.39 is 10.7 Å². The van der Waals surface area contributed by atoms with E-state index in [0.717, 1.165) is 47.5 Å². The Bertz CT molecular complexity index is 1220. The summed E-state index contributed by atoms with van der Waals surface area (Å²) >= 11 is 1.29. The first-order valence-corrected chi connectivity index (χ1v) is 12.6. The van der Waals surface area contributed by atoms with Crippen molar-refractivity contribution in [1.82, 2.24) is 9.55 Å². The predicted octanol–water partition coefficient (Wildman–Crippen LogP) is 6.91. The number of nitrogens with one attached hydrogen (secondary N) is 1. The van der Waals surface area contributed by atoms with Crippen molar-refractivity contribution < 1.29 is 19.8 Å². The van der Waals surface area contributed by atoms with Gasteiger partial charge in [0, 0.05) is 28.4 Å². The molecule has 3 aromatic rings. The van der Waals surface area contributed by atoms with Crippen LogP contribution in [0.5, 0.6) is 5.75 Å². The number of carbonyl (C=O) groups excluding carboxylic acids is 1. The standard InChI is InChI=1S/C27H33N3O4S.CH4/c1-6-7-8-15-30-18(3)23(25(32)28-22-14-11-20(31)16-17(22)2)29-24(30)19-9-12-21(13-10-19)35-27(4,5)26(33)34;/h9-14,16,31H,6-8,15H2,1-5H3,(H,28,32)(H,33,34);1H4. The first kappa shape index (κ1) is 29.0. The highest BCUT2D eigenvalue weighted by atomic mass is 32.2. The Labute approximate surface area is 218 Å². The number of hydrogen-bond acceptors (Lipinski definition) is 5. The summed E-state index contributed by atoms with van der Waals surface area (Å²) < 4.78 is 1.14. The molecule has 0 aliphatic heterocycles. The van der Waals surface area contributed by atoms with Crippen LogP contribution in [0.4, 0.5) is 5.69 Å². The van der Waals surface area contributed by atoms with Gasteiger partial charge in [-0.15, -0.1) is 11.8 Å². The average molecular weight is 512 g/mol. The van der Waals surface area contributed by atoms with Gasteiger partial charge in [0.2, 0.25) is 0 Å². The lowest BCUT2D eigenvalue weighted by atomic mass is 10.2. The molecule has 0 bridgehead atoms. The number of aryl methyl sites for hydroxylation is 1. The molecular formula is C28H37N3O4S. The summed E-state index contributed by atoms with van der Waals surface area (Å²) in [5.41, 5.74) is 3.39. The molecular weight excluding hydrogens is 474 g/mol. The Balaban J connectivity index is 0.00000456. The Kier molecular flexibility index (Phi) is 9.76. The van der Waals surface area contributed by atoms with E-state index in [1.165, 1.54) is 17.8 Å². The van der Waals surface area contributed by atoms with Crippen LogP contribution in [0, 0.1) is 13.8 Å². The molecule has 0 radical (unpaired) electrons. The molecule has 0 atom stereocenters. The molecule has 1 heterocycles. The highest BCUT2D eigenvalue weighted by Gasteiger charge is 2.28. The lowest BCUT2D eigenvalue weighted by Crippen LogP contribution is -2.26. The van der Waals surface area contributed by atoms with E-state index in [2.05, 4.69) is 16.8 Å². The van der Waals surface area contributed by atoms with Gasteiger partial charge in [0.25, 0.3) is 5.91 Å². The molecule has 0 saturated heterocycles. The van der Waals surface area contributed by atoms with Crippen LogP contribution in [0.15, 0.2) is 47.4 Å². The van der Waals surface area contributed by atoms with Crippen LogP contribution in [0.1, 0.15) is 69.2 Å². The molecule has 0 fully saturated rings. The van der Waals surface area contributed by atoms with Crippen LogP contribution in [-0.4, -0.2) is 36.4 Å². The van der Waals surface area contributed by atoms with Crippen LogP contribution in [0.2, 0.25) is 0 Å². The summed E-state index contributed by atoms with van der Waals surface area (Å²) in [6.45, 7) is 9.98. The molecule has 3 N–H and O–H groups in total. The first-order chi connectivity index (χ1) is 16.5. The molecule has 0 aliphatic rings. The van der Waals surface area contributed by atoms with Crippen LogP contribution in [0.3, 0.4) is 0 Å². The molecule has 1 amide bonds. The Hall–Kier alpha value is -3.26. The third-order valence-electron chi connectivity index (χ3n) is 5.88. The zero-order valence-electron chi connectivity index (χ0n) is 20.9. The van der Waals surface area contributed by atoms with Crippen molar-refractivity contribution in [1.29, 1.82) is 0 Å². The van der Waals surface area contributed by atoms with E-state index >= 15 is 0 Å². The molecule has 36 heavy (non-hydrogen) atoms. The Morgan fingerprint density at radius 1 is 1.08 bits per heavy atom. The number of imidazole rings is 1. The highest BCUT2D eigenvalue weighted by Crippen LogP contribution is 2.34. The summed E-state index contributed by atoms with van der Waals surface area (Å²) in [7, 11) is 0. The molecule has 0 spiro atoms. The van der Waals surface area contributed by atoms with Crippen molar-refractivity contribution in [2.45, 2.75) is 77.5 Å². The molecule has 194 valence electrons. The molecule has 7 nitrogen and oxygen atoms in total. The average Bonchev–Trinajstić information content (AvgIpc) is 3.12. The van der Waals surface area contributed by atoms with E-state index in [1.807, 2.05) is 38.1 Å². The van der Waals surface area contributed by atoms with Crippen molar-refractivity contribution in [2.75, 3.05) is 5.32 Å². The topological polar surface area (TPSA) is 104 Å². The number of phenols is 1. The minimum Gasteiger partial charge on any atom is -0.508 e. The van der Waals surface area contributed by atoms with Crippen molar-refractivity contribution in [3.8, 4) is 17.1 Å². The molecule has 0 saturated carbocycles. The number of benzene rings is 2. The van der Waals surface area contributed by atoms with Gasteiger partial charge in [0.1, 0.15) is 22.0 Å². The third kappa shape index (κ3) is 6.69. The maximum Gasteiger partial charge on any atom is 0.319 e. The number of aliphatic carboxylic acids is 1. The van der Waals surface area contributed by atoms with Crippen molar-refractivity contribution in [2.24, 2.45) is 0 Å². The number of amides is 1. The second kappa shape index (κ2) is 12.1. The van der Waals surface area contributed by atoms with E-state index in [0.29, 0.717) is 17.2 Å². The van der Waals surface area contributed by atoms with Crippen LogP contribution in [0.25, 0.3) is 11.4 Å². The van der Waals surface area contributed by atoms with Gasteiger partial charge in [-0.2, -0.15) is 0 Å². The number of phenolic OH excluding ortho intramolecular Hbond substituents is 1. The number of carboxylic acid groups (broad SMARTS) is 1. The van der Waals surface area contributed by atoms with Gasteiger partial charge < -0.3 is 20.1 Å². The number of carboxylic acids is 1. The number of unbranched alkanes of at least 4 members (excludes halogenated alkanes) is 2. The van der Waals surface area contributed by atoms with Crippen molar-refractivity contribution in [3.05, 3.63) is 59.4 Å². The third-order valence-corrected chi connectivity index (χ3v) is 7.07. The monoisotopic (exact) mass is 511 g/mol. The lowest BCUT2D eigenvalue weighted by molar-refractivity contribution is -0.138. The summed E-state index contributed by atoms with van der Waals surface area (Å²) in [6.07, 6.45) is 3.13. The van der Waals surface area contributed by atoms with E-state index in [4.69, 9.17) is 4.98 Å². The number of anilines is 1. The van der Waals surface area contributed by atoms with Gasteiger partial charge in [-0.25, -0.2) is 4.98 Å². The second-order valence-corrected chi connectivity index (χ2v) is 10.8. The zero-order valence-corrected chi connectivity index (χ0v) is 21.7. The van der Waals surface area contributed by atoms with Gasteiger partial charge >= 0.3 is 5.97 Å². The summed E-state index contributed by atoms with van der Waals surface area (Å²) in [4.78, 5) is 30.2. The van der Waals surface area contributed by atoms with Crippen LogP contribution >= 0.6 is 11.8 Å². The number of rotatable bonds is 10. The Morgan fingerprint density at radius 3 is 2.33 bits per heavy atom. The lowest BCUT2D eigenvalue weighted by Gasteiger charge is -2.18. The van der Waals surface area contributed by atoms with E-state index in [1.54, 1.807) is 26.0 Å². The number of aromatic nitrogens is 2. The van der Waals surface area contributed by atoms with E-state index in [-0.39, 0.29) is 19.1 Å². The number of aromatic hydroxyl groups is 1. The zero-order chi connectivity index (χ0) is 25.8. The minimum atomic E-state index is -0.936. The van der Waals surface area contributed by atoms with Crippen LogP contribution < -0.4 is 5.32 Å². The molecule has 0 unspecified atom stereocenters. The van der Waals surface area contributed by atoms with Gasteiger partial charge in [0.15, 0.2) is 0 Å². The first-order valence-electron chi connectivity index (χ1n) is 11.7. The number of thioether (sulfide) groups is 1. The minimum absolute atomic E-state index is 0. The smallest absolute Gasteiger partial charge is 0.319 e. The Morgan fingerprint density at radius 2 is 1.75 bits per heavy atom. The summed E-state index contributed by atoms with van der Waals surface area (Å²) in [5, 5.41) is 22.0. The maximum absolute atomic E-state index is 13.2. The molecule has 3 rings (SSSR count). The highest BCUT2D eigenvalue weighted by molar-refractivity contribution is 8.01. The quantitative estimate of drug-likeness (QED) is 0.155. The van der Waals surface area contributed by atoms with Gasteiger partial charge in [-0.05, 0) is 70.0 Å². The molecule has 0 aliphatic carbocycles. The van der Waals surface area contributed by atoms with Crippen molar-refractivity contribution >= 4 is 29.3 Å². The van der Waals surface area contributed by atoms with Gasteiger partial charge in [0.05, 0.1) is 0 Å². The molecule has 1 aromatic heterocycles. The fraction of sp³-hybridized carbons (Fsp3) is 0.393. The maximum atomic E-state index is 13.2. The fourth-order valence-corrected chi connectivity index (χ4v) is 4.69.